The molecule has 0 aromatic carbocycles. The fourth-order valence-corrected chi connectivity index (χ4v) is 2.37. The van der Waals surface area contributed by atoms with Crippen molar-refractivity contribution in [3.63, 3.8) is 0 Å². The minimum absolute atomic E-state index is 0.297. The van der Waals surface area contributed by atoms with E-state index < -0.39 is 11.9 Å². The third-order valence-corrected chi connectivity index (χ3v) is 4.11. The molecule has 0 spiro atoms. The van der Waals surface area contributed by atoms with Crippen LogP contribution in [-0.4, -0.2) is 72.9 Å². The normalized spacial score (nSPS) is 14.5. The SMILES string of the molecule is CCCCOC(=O)/C=C\C(=O)N1CCN(C(=O)/C=C/C(=O)OCCCC)CC1. The fraction of sp³-hybridized carbons (Fsp3) is 0.600. The molecule has 8 nitrogen and oxygen atoms in total. The maximum absolute atomic E-state index is 12.1. The molecule has 2 amide bonds. The number of ether oxygens (including phenoxy) is 2. The van der Waals surface area contributed by atoms with E-state index in [9.17, 15) is 19.2 Å². The molecule has 156 valence electrons. The number of nitrogens with zero attached hydrogens (tertiary/aromatic N) is 2. The number of piperazine rings is 1. The topological polar surface area (TPSA) is 93.2 Å². The second kappa shape index (κ2) is 13.5. The van der Waals surface area contributed by atoms with E-state index in [2.05, 4.69) is 0 Å². The number of hydrogen-bond acceptors (Lipinski definition) is 6. The quantitative estimate of drug-likeness (QED) is 0.316. The van der Waals surface area contributed by atoms with Gasteiger partial charge in [0, 0.05) is 50.5 Å². The molecule has 1 fully saturated rings. The predicted molar refractivity (Wildman–Crippen MR) is 103 cm³/mol. The number of amides is 2. The maximum Gasteiger partial charge on any atom is 0.330 e. The molecule has 1 heterocycles. The Morgan fingerprint density at radius 2 is 1.04 bits per heavy atom. The van der Waals surface area contributed by atoms with E-state index in [0.717, 1.165) is 37.8 Å². The molecule has 8 heteroatoms. The van der Waals surface area contributed by atoms with E-state index in [1.165, 1.54) is 12.2 Å². The highest BCUT2D eigenvalue weighted by atomic mass is 16.5. The molecule has 1 aliphatic heterocycles. The molecule has 0 bridgehead atoms. The maximum atomic E-state index is 12.1. The average Bonchev–Trinajstić information content (AvgIpc) is 2.70. The van der Waals surface area contributed by atoms with Gasteiger partial charge in [-0.25, -0.2) is 9.59 Å². The van der Waals surface area contributed by atoms with Crippen LogP contribution in [0.4, 0.5) is 0 Å². The van der Waals surface area contributed by atoms with Crippen molar-refractivity contribution in [1.82, 2.24) is 9.80 Å². The first kappa shape index (κ1) is 23.4. The molecular weight excluding hydrogens is 364 g/mol. The van der Waals surface area contributed by atoms with Crippen LogP contribution in [0.1, 0.15) is 39.5 Å². The van der Waals surface area contributed by atoms with E-state index in [1.54, 1.807) is 9.80 Å². The zero-order chi connectivity index (χ0) is 20.8. The van der Waals surface area contributed by atoms with Crippen molar-refractivity contribution < 1.29 is 28.7 Å². The zero-order valence-electron chi connectivity index (χ0n) is 16.7. The standard InChI is InChI=1S/C20H30N2O6/c1-3-5-15-27-19(25)9-7-17(23)21-11-13-22(14-12-21)18(24)8-10-20(26)28-16-6-4-2/h7-10H,3-6,11-16H2,1-2H3/b9-7-,10-8+. The smallest absolute Gasteiger partial charge is 0.330 e. The van der Waals surface area contributed by atoms with Gasteiger partial charge in [0.05, 0.1) is 13.2 Å². The molecule has 0 aromatic heterocycles. The summed E-state index contributed by atoms with van der Waals surface area (Å²) in [6.07, 6.45) is 8.06. The first-order valence-corrected chi connectivity index (χ1v) is 9.75. The van der Waals surface area contributed by atoms with Crippen molar-refractivity contribution in [2.24, 2.45) is 0 Å². The van der Waals surface area contributed by atoms with E-state index >= 15 is 0 Å². The summed E-state index contributed by atoms with van der Waals surface area (Å²) in [5, 5.41) is 0. The highest BCUT2D eigenvalue weighted by Crippen LogP contribution is 2.04. The van der Waals surface area contributed by atoms with Gasteiger partial charge in [-0.3, -0.25) is 9.59 Å². The van der Waals surface area contributed by atoms with Gasteiger partial charge in [0.2, 0.25) is 11.8 Å². The molecule has 0 N–H and O–H groups in total. The van der Waals surface area contributed by atoms with Crippen molar-refractivity contribution in [2.75, 3.05) is 39.4 Å². The summed E-state index contributed by atoms with van der Waals surface area (Å²) in [5.41, 5.74) is 0. The van der Waals surface area contributed by atoms with Crippen LogP contribution < -0.4 is 0 Å². The van der Waals surface area contributed by atoms with Gasteiger partial charge in [-0.15, -0.1) is 0 Å². The van der Waals surface area contributed by atoms with Crippen molar-refractivity contribution in [3.8, 4) is 0 Å². The Labute approximate surface area is 166 Å². The molecule has 0 unspecified atom stereocenters. The van der Waals surface area contributed by atoms with Crippen LogP contribution >= 0.6 is 0 Å². The molecule has 0 aliphatic carbocycles. The number of rotatable bonds is 10. The second-order valence-electron chi connectivity index (χ2n) is 6.36. The first-order valence-electron chi connectivity index (χ1n) is 9.75. The number of carbonyl (C=O) groups is 4. The Morgan fingerprint density at radius 3 is 1.36 bits per heavy atom. The number of hydrogen-bond donors (Lipinski definition) is 0. The van der Waals surface area contributed by atoms with Crippen LogP contribution in [0, 0.1) is 0 Å². The number of esters is 2. The molecule has 28 heavy (non-hydrogen) atoms. The third-order valence-electron chi connectivity index (χ3n) is 4.11. The Hall–Kier alpha value is -2.64. The van der Waals surface area contributed by atoms with Crippen LogP contribution in [-0.2, 0) is 28.7 Å². The largest absolute Gasteiger partial charge is 0.463 e. The minimum Gasteiger partial charge on any atom is -0.463 e. The highest BCUT2D eigenvalue weighted by molar-refractivity contribution is 5.96. The third kappa shape index (κ3) is 9.34. The van der Waals surface area contributed by atoms with Gasteiger partial charge >= 0.3 is 11.9 Å². The van der Waals surface area contributed by atoms with E-state index in [1.807, 2.05) is 13.8 Å². The molecular formula is C20H30N2O6. The summed E-state index contributed by atoms with van der Waals surface area (Å²) in [6.45, 7) is 6.09. The summed E-state index contributed by atoms with van der Waals surface area (Å²) in [6, 6.07) is 0. The molecule has 1 saturated heterocycles. The zero-order valence-corrected chi connectivity index (χ0v) is 16.7. The summed E-state index contributed by atoms with van der Waals surface area (Å²) < 4.78 is 9.90. The van der Waals surface area contributed by atoms with Gasteiger partial charge in [0.15, 0.2) is 0 Å². The lowest BCUT2D eigenvalue weighted by molar-refractivity contribution is -0.139. The lowest BCUT2D eigenvalue weighted by Crippen LogP contribution is -2.49. The fourth-order valence-electron chi connectivity index (χ4n) is 2.37. The Bertz CT molecular complexity index is 540. The van der Waals surface area contributed by atoms with E-state index in [4.69, 9.17) is 9.47 Å². The van der Waals surface area contributed by atoms with Crippen LogP contribution in [0.5, 0.6) is 0 Å². The average molecular weight is 394 g/mol. The lowest BCUT2D eigenvalue weighted by atomic mass is 10.3. The summed E-state index contributed by atoms with van der Waals surface area (Å²) in [4.78, 5) is 50.3. The molecule has 1 aliphatic rings. The summed E-state index contributed by atoms with van der Waals surface area (Å²) in [5.74, 6) is -1.66. The Kier molecular flexibility index (Phi) is 11.3. The Morgan fingerprint density at radius 1 is 0.679 bits per heavy atom. The molecule has 0 radical (unpaired) electrons. The molecule has 0 atom stereocenters. The Balaban J connectivity index is 2.35. The van der Waals surface area contributed by atoms with Gasteiger partial charge in [0.25, 0.3) is 0 Å². The van der Waals surface area contributed by atoms with Crippen LogP contribution in [0.2, 0.25) is 0 Å². The van der Waals surface area contributed by atoms with Crippen molar-refractivity contribution >= 4 is 23.8 Å². The van der Waals surface area contributed by atoms with Crippen molar-refractivity contribution in [3.05, 3.63) is 24.3 Å². The van der Waals surface area contributed by atoms with Gasteiger partial charge < -0.3 is 19.3 Å². The highest BCUT2D eigenvalue weighted by Gasteiger charge is 2.22. The molecule has 0 aromatic rings. The second-order valence-corrected chi connectivity index (χ2v) is 6.36. The van der Waals surface area contributed by atoms with Crippen LogP contribution in [0.3, 0.4) is 0 Å². The van der Waals surface area contributed by atoms with Crippen molar-refractivity contribution in [2.45, 2.75) is 39.5 Å². The molecule has 1 rings (SSSR count). The lowest BCUT2D eigenvalue weighted by Gasteiger charge is -2.33. The number of unbranched alkanes of at least 4 members (excludes halogenated alkanes) is 2. The minimum atomic E-state index is -0.536. The number of carbonyl (C=O) groups excluding carboxylic acids is 4. The first-order chi connectivity index (χ1) is 13.5. The summed E-state index contributed by atoms with van der Waals surface area (Å²) in [7, 11) is 0. The molecule has 0 saturated carbocycles. The van der Waals surface area contributed by atoms with Gasteiger partial charge in [-0.05, 0) is 12.8 Å². The van der Waals surface area contributed by atoms with Gasteiger partial charge in [0.1, 0.15) is 0 Å². The van der Waals surface area contributed by atoms with Crippen LogP contribution in [0.15, 0.2) is 24.3 Å². The predicted octanol–water partition coefficient (Wildman–Crippen LogP) is 1.46. The van der Waals surface area contributed by atoms with Crippen molar-refractivity contribution in [1.29, 1.82) is 0 Å². The van der Waals surface area contributed by atoms with E-state index in [-0.39, 0.29) is 11.8 Å². The monoisotopic (exact) mass is 394 g/mol. The van der Waals surface area contributed by atoms with Crippen LogP contribution in [0.25, 0.3) is 0 Å². The van der Waals surface area contributed by atoms with E-state index in [0.29, 0.717) is 39.4 Å². The van der Waals surface area contributed by atoms with Gasteiger partial charge in [-0.2, -0.15) is 0 Å². The summed E-state index contributed by atoms with van der Waals surface area (Å²) >= 11 is 0. The van der Waals surface area contributed by atoms with Gasteiger partial charge in [-0.1, -0.05) is 26.7 Å².